The highest BCUT2D eigenvalue weighted by Crippen LogP contribution is 2.37. The minimum atomic E-state index is -4.08. The van der Waals surface area contributed by atoms with Crippen molar-refractivity contribution < 1.29 is 12.8 Å². The Morgan fingerprint density at radius 1 is 1.19 bits per heavy atom. The number of hydrogen-bond acceptors (Lipinski definition) is 5. The molecule has 0 aliphatic rings. The van der Waals surface area contributed by atoms with Crippen LogP contribution in [0, 0.1) is 5.82 Å². The van der Waals surface area contributed by atoms with Crippen LogP contribution in [-0.2, 0) is 10.0 Å². The van der Waals surface area contributed by atoms with E-state index in [1.54, 1.807) is 34.5 Å². The first-order valence-electron chi connectivity index (χ1n) is 7.77. The van der Waals surface area contributed by atoms with E-state index < -0.39 is 15.8 Å². The van der Waals surface area contributed by atoms with Crippen LogP contribution in [0.1, 0.15) is 6.92 Å². The summed E-state index contributed by atoms with van der Waals surface area (Å²) in [6, 6.07) is 9.15. The molecule has 0 aliphatic carbocycles. The van der Waals surface area contributed by atoms with Crippen molar-refractivity contribution in [3.63, 3.8) is 0 Å². The molecule has 0 bridgehead atoms. The first-order chi connectivity index (χ1) is 12.8. The second-order valence-corrected chi connectivity index (χ2v) is 8.73. The molecule has 2 aromatic carbocycles. The summed E-state index contributed by atoms with van der Waals surface area (Å²) in [4.78, 5) is 5.11. The molecular weight excluding hydrogens is 432 g/mol. The predicted octanol–water partition coefficient (Wildman–Crippen LogP) is 5.55. The molecule has 5 nitrogen and oxygen atoms in total. The third-order valence-corrected chi connectivity index (χ3v) is 6.64. The molecule has 1 N–H and O–H groups in total. The molecule has 0 aliphatic heterocycles. The third-order valence-electron chi connectivity index (χ3n) is 3.70. The molecule has 0 spiro atoms. The van der Waals surface area contributed by atoms with Crippen molar-refractivity contribution in [2.45, 2.75) is 11.8 Å². The zero-order chi connectivity index (χ0) is 19.6. The highest BCUT2D eigenvalue weighted by atomic mass is 35.5. The highest BCUT2D eigenvalue weighted by Gasteiger charge is 2.24. The maximum absolute atomic E-state index is 14.8. The first-order valence-corrected chi connectivity index (χ1v) is 10.9. The maximum atomic E-state index is 14.8. The van der Waals surface area contributed by atoms with Gasteiger partial charge in [0.15, 0.2) is 5.13 Å². The van der Waals surface area contributed by atoms with Crippen LogP contribution in [-0.4, -0.2) is 19.9 Å². The molecule has 27 heavy (non-hydrogen) atoms. The summed E-state index contributed by atoms with van der Waals surface area (Å²) in [6.07, 6.45) is 1.45. The molecule has 1 heterocycles. The van der Waals surface area contributed by atoms with Crippen LogP contribution < -0.4 is 9.62 Å². The van der Waals surface area contributed by atoms with E-state index in [-0.39, 0.29) is 20.7 Å². The first kappa shape index (κ1) is 19.9. The Balaban J connectivity index is 2.03. The molecule has 0 fully saturated rings. The van der Waals surface area contributed by atoms with Crippen molar-refractivity contribution in [3.8, 4) is 0 Å². The van der Waals surface area contributed by atoms with Crippen molar-refractivity contribution in [1.82, 2.24) is 4.98 Å². The van der Waals surface area contributed by atoms with Crippen LogP contribution in [0.4, 0.5) is 20.9 Å². The highest BCUT2D eigenvalue weighted by molar-refractivity contribution is 7.93. The van der Waals surface area contributed by atoms with Gasteiger partial charge in [0.1, 0.15) is 10.7 Å². The monoisotopic (exact) mass is 445 g/mol. The molecule has 0 radical (unpaired) electrons. The number of rotatable bonds is 6. The van der Waals surface area contributed by atoms with Crippen LogP contribution >= 0.6 is 34.5 Å². The number of halogens is 3. The quantitative estimate of drug-likeness (QED) is 0.540. The lowest BCUT2D eigenvalue weighted by Gasteiger charge is -2.25. The lowest BCUT2D eigenvalue weighted by molar-refractivity contribution is 0.595. The van der Waals surface area contributed by atoms with E-state index in [1.807, 2.05) is 6.92 Å². The van der Waals surface area contributed by atoms with Gasteiger partial charge in [0.25, 0.3) is 10.0 Å². The summed E-state index contributed by atoms with van der Waals surface area (Å²) in [6.45, 7) is 2.23. The van der Waals surface area contributed by atoms with Gasteiger partial charge in [-0.1, -0.05) is 35.3 Å². The molecule has 142 valence electrons. The van der Waals surface area contributed by atoms with Gasteiger partial charge >= 0.3 is 0 Å². The number of nitrogens with zero attached hydrogens (tertiary/aromatic N) is 2. The molecule has 0 atom stereocenters. The van der Waals surface area contributed by atoms with E-state index in [1.165, 1.54) is 12.3 Å². The van der Waals surface area contributed by atoms with Gasteiger partial charge in [0.05, 0.1) is 21.4 Å². The van der Waals surface area contributed by atoms with Gasteiger partial charge in [-0.2, -0.15) is 0 Å². The summed E-state index contributed by atoms with van der Waals surface area (Å²) in [5, 5.41) is 2.12. The van der Waals surface area contributed by atoms with Crippen LogP contribution in [0.2, 0.25) is 10.0 Å². The number of benzene rings is 2. The Morgan fingerprint density at radius 3 is 2.56 bits per heavy atom. The van der Waals surface area contributed by atoms with Crippen molar-refractivity contribution >= 4 is 61.1 Å². The van der Waals surface area contributed by atoms with E-state index in [0.29, 0.717) is 17.3 Å². The second kappa shape index (κ2) is 8.02. The van der Waals surface area contributed by atoms with Gasteiger partial charge in [-0.05, 0) is 31.2 Å². The van der Waals surface area contributed by atoms with Crippen molar-refractivity contribution in [3.05, 3.63) is 63.8 Å². The SMILES string of the molecule is CCN(c1cc(Cl)c(S(=O)(=O)Nc2nccs2)cc1F)c1ccccc1Cl. The molecule has 0 amide bonds. The summed E-state index contributed by atoms with van der Waals surface area (Å²) >= 11 is 13.5. The van der Waals surface area contributed by atoms with Crippen LogP contribution in [0.5, 0.6) is 0 Å². The number of sulfonamides is 1. The van der Waals surface area contributed by atoms with Crippen LogP contribution in [0.3, 0.4) is 0 Å². The molecule has 0 saturated carbocycles. The zero-order valence-electron chi connectivity index (χ0n) is 14.0. The van der Waals surface area contributed by atoms with Crippen molar-refractivity contribution in [1.29, 1.82) is 0 Å². The lowest BCUT2D eigenvalue weighted by Crippen LogP contribution is -2.19. The van der Waals surface area contributed by atoms with Gasteiger partial charge in [0.2, 0.25) is 0 Å². The Kier molecular flexibility index (Phi) is 5.90. The summed E-state index contributed by atoms with van der Waals surface area (Å²) < 4.78 is 42.2. The number of thiazole rings is 1. The molecule has 3 aromatic rings. The smallest absolute Gasteiger partial charge is 0.265 e. The third kappa shape index (κ3) is 4.19. The van der Waals surface area contributed by atoms with E-state index in [9.17, 15) is 12.8 Å². The molecule has 10 heteroatoms. The number of anilines is 3. The Bertz CT molecular complexity index is 1060. The summed E-state index contributed by atoms with van der Waals surface area (Å²) in [7, 11) is -4.08. The molecule has 3 rings (SSSR count). The number of nitrogens with one attached hydrogen (secondary N) is 1. The summed E-state index contributed by atoms with van der Waals surface area (Å²) in [5.41, 5.74) is 0.719. The van der Waals surface area contributed by atoms with E-state index in [4.69, 9.17) is 23.2 Å². The average molecular weight is 446 g/mol. The fraction of sp³-hybridized carbons (Fsp3) is 0.118. The standard InChI is InChI=1S/C17H14Cl2FN3O2S2/c1-2-23(14-6-4-3-5-11(14)18)15-9-12(19)16(10-13(15)20)27(24,25)22-17-21-7-8-26-17/h3-10H,2H2,1H3,(H,21,22). The molecular formula is C17H14Cl2FN3O2S2. The van der Waals surface area contributed by atoms with Crippen molar-refractivity contribution in [2.24, 2.45) is 0 Å². The molecule has 0 unspecified atom stereocenters. The molecule has 1 aromatic heterocycles. The van der Waals surface area contributed by atoms with Gasteiger partial charge in [0, 0.05) is 18.1 Å². The van der Waals surface area contributed by atoms with Gasteiger partial charge in [-0.25, -0.2) is 17.8 Å². The fourth-order valence-electron chi connectivity index (χ4n) is 2.52. The minimum absolute atomic E-state index is 0.110. The Hall–Kier alpha value is -1.87. The lowest BCUT2D eigenvalue weighted by atomic mass is 10.2. The van der Waals surface area contributed by atoms with Crippen LogP contribution in [0.15, 0.2) is 52.9 Å². The van der Waals surface area contributed by atoms with E-state index >= 15 is 0 Å². The van der Waals surface area contributed by atoms with Crippen molar-refractivity contribution in [2.75, 3.05) is 16.2 Å². The number of aromatic nitrogens is 1. The largest absolute Gasteiger partial charge is 0.338 e. The molecule has 0 saturated heterocycles. The van der Waals surface area contributed by atoms with Gasteiger partial charge in [-0.15, -0.1) is 11.3 Å². The average Bonchev–Trinajstić information content (AvgIpc) is 3.12. The number of hydrogen-bond donors (Lipinski definition) is 1. The Labute approximate surface area is 170 Å². The number of para-hydroxylation sites is 1. The maximum Gasteiger partial charge on any atom is 0.265 e. The predicted molar refractivity (Wildman–Crippen MR) is 108 cm³/mol. The zero-order valence-corrected chi connectivity index (χ0v) is 17.1. The normalized spacial score (nSPS) is 11.4. The van der Waals surface area contributed by atoms with Gasteiger partial charge < -0.3 is 4.90 Å². The van der Waals surface area contributed by atoms with Crippen LogP contribution in [0.25, 0.3) is 0 Å². The topological polar surface area (TPSA) is 62.3 Å². The van der Waals surface area contributed by atoms with E-state index in [0.717, 1.165) is 17.4 Å². The van der Waals surface area contributed by atoms with E-state index in [2.05, 4.69) is 9.71 Å². The van der Waals surface area contributed by atoms with Gasteiger partial charge in [-0.3, -0.25) is 4.72 Å². The fourth-order valence-corrected chi connectivity index (χ4v) is 5.08. The second-order valence-electron chi connectivity index (χ2n) is 5.37. The Morgan fingerprint density at radius 2 is 1.93 bits per heavy atom. The summed E-state index contributed by atoms with van der Waals surface area (Å²) in [5.74, 6) is -0.735. The minimum Gasteiger partial charge on any atom is -0.338 e.